The molecule has 0 unspecified atom stereocenters. The first kappa shape index (κ1) is 30.6. The number of piperazine rings is 1. The van der Waals surface area contributed by atoms with Crippen LogP contribution in [0.25, 0.3) is 32.8 Å². The second-order valence-electron chi connectivity index (χ2n) is 14.6. The molecular formula is C38H35F4N5O2. The molecule has 0 amide bonds. The number of nitrogens with one attached hydrogen (secondary N) is 1. The molecule has 1 saturated carbocycles. The van der Waals surface area contributed by atoms with E-state index in [4.69, 9.17) is 16.1 Å². The SMILES string of the molecule is C#Cc1c(F)ccc2cc(O)cc(-c3c(F)cc4c(N5C[C@@H]6CC[C@](C7CC7)(C5)N6)nc(OC[C@@]56CCCN5C/C(=C/F)C6)nc4c3F)c12. The lowest BCUT2D eigenvalue weighted by Gasteiger charge is -2.42. The second kappa shape index (κ2) is 11.1. The number of benzene rings is 3. The van der Waals surface area contributed by atoms with Crippen molar-refractivity contribution in [2.45, 2.75) is 62.1 Å². The summed E-state index contributed by atoms with van der Waals surface area (Å²) >= 11 is 0. The molecule has 2 N–H and O–H groups in total. The molecule has 1 aliphatic carbocycles. The van der Waals surface area contributed by atoms with Crippen LogP contribution in [-0.4, -0.2) is 69.9 Å². The lowest BCUT2D eigenvalue weighted by Crippen LogP contribution is -2.61. The zero-order valence-corrected chi connectivity index (χ0v) is 26.8. The maximum absolute atomic E-state index is 17.1. The van der Waals surface area contributed by atoms with Gasteiger partial charge < -0.3 is 20.1 Å². The molecule has 49 heavy (non-hydrogen) atoms. The average molecular weight is 670 g/mol. The number of anilines is 1. The van der Waals surface area contributed by atoms with Gasteiger partial charge in [-0.3, -0.25) is 4.90 Å². The Morgan fingerprint density at radius 2 is 1.96 bits per heavy atom. The van der Waals surface area contributed by atoms with E-state index < -0.39 is 28.6 Å². The van der Waals surface area contributed by atoms with Crippen LogP contribution < -0.4 is 15.0 Å². The fourth-order valence-corrected chi connectivity index (χ4v) is 9.29. The minimum absolute atomic E-state index is 0.0552. The lowest BCUT2D eigenvalue weighted by molar-refractivity contribution is 0.108. The van der Waals surface area contributed by atoms with Gasteiger partial charge in [0.05, 0.1) is 23.0 Å². The molecule has 4 aromatic rings. The smallest absolute Gasteiger partial charge is 0.319 e. The molecule has 4 saturated heterocycles. The van der Waals surface area contributed by atoms with Crippen molar-refractivity contribution < 1.29 is 27.4 Å². The van der Waals surface area contributed by atoms with E-state index in [2.05, 4.69) is 26.0 Å². The Hall–Kier alpha value is -4.40. The summed E-state index contributed by atoms with van der Waals surface area (Å²) in [5, 5.41) is 15.1. The topological polar surface area (TPSA) is 73.8 Å². The number of halogens is 4. The van der Waals surface area contributed by atoms with Gasteiger partial charge in [-0.15, -0.1) is 6.42 Å². The van der Waals surface area contributed by atoms with Crippen LogP contribution in [0.2, 0.25) is 0 Å². The lowest BCUT2D eigenvalue weighted by atomic mass is 9.90. The molecule has 4 aliphatic heterocycles. The molecule has 252 valence electrons. The van der Waals surface area contributed by atoms with Crippen LogP contribution in [0.1, 0.15) is 50.5 Å². The highest BCUT2D eigenvalue weighted by atomic mass is 19.1. The number of nitrogens with zero attached hydrogens (tertiary/aromatic N) is 4. The molecule has 2 bridgehead atoms. The van der Waals surface area contributed by atoms with Gasteiger partial charge in [0.15, 0.2) is 5.82 Å². The number of hydrogen-bond donors (Lipinski definition) is 2. The van der Waals surface area contributed by atoms with E-state index in [0.717, 1.165) is 51.1 Å². The first-order valence-corrected chi connectivity index (χ1v) is 17.0. The first-order chi connectivity index (χ1) is 23.7. The summed E-state index contributed by atoms with van der Waals surface area (Å²) in [7, 11) is 0. The van der Waals surface area contributed by atoms with E-state index in [1.54, 1.807) is 0 Å². The predicted octanol–water partition coefficient (Wildman–Crippen LogP) is 6.75. The van der Waals surface area contributed by atoms with Crippen molar-refractivity contribution in [2.75, 3.05) is 37.7 Å². The van der Waals surface area contributed by atoms with Crippen molar-refractivity contribution in [2.24, 2.45) is 5.92 Å². The quantitative estimate of drug-likeness (QED) is 0.174. The van der Waals surface area contributed by atoms with E-state index >= 15 is 8.78 Å². The molecule has 9 rings (SSSR count). The minimum atomic E-state index is -0.998. The van der Waals surface area contributed by atoms with Gasteiger partial charge in [0.2, 0.25) is 0 Å². The van der Waals surface area contributed by atoms with Gasteiger partial charge in [-0.25, -0.2) is 17.6 Å². The molecule has 5 aliphatic rings. The number of terminal acetylenes is 1. The number of aromatic hydroxyl groups is 1. The Labute approximate surface area is 281 Å². The van der Waals surface area contributed by atoms with Gasteiger partial charge in [0.1, 0.15) is 35.3 Å². The van der Waals surface area contributed by atoms with Crippen LogP contribution in [0.3, 0.4) is 0 Å². The number of phenols is 1. The van der Waals surface area contributed by atoms with Gasteiger partial charge in [-0.1, -0.05) is 12.0 Å². The van der Waals surface area contributed by atoms with E-state index in [9.17, 15) is 13.9 Å². The van der Waals surface area contributed by atoms with E-state index in [1.807, 2.05) is 0 Å². The number of aromatic nitrogens is 2. The molecule has 5 heterocycles. The molecule has 7 nitrogen and oxygen atoms in total. The van der Waals surface area contributed by atoms with Gasteiger partial charge >= 0.3 is 6.01 Å². The van der Waals surface area contributed by atoms with Gasteiger partial charge in [0, 0.05) is 47.6 Å². The fourth-order valence-electron chi connectivity index (χ4n) is 9.29. The highest BCUT2D eigenvalue weighted by Gasteiger charge is 2.53. The third-order valence-corrected chi connectivity index (χ3v) is 11.6. The fraction of sp³-hybridized carbons (Fsp3) is 0.421. The van der Waals surface area contributed by atoms with E-state index in [0.29, 0.717) is 55.1 Å². The minimum Gasteiger partial charge on any atom is -0.508 e. The van der Waals surface area contributed by atoms with Crippen LogP contribution in [0.4, 0.5) is 23.4 Å². The summed E-state index contributed by atoms with van der Waals surface area (Å²) in [6.07, 6.45) is 13.0. The Morgan fingerprint density at radius 3 is 2.76 bits per heavy atom. The number of fused-ring (bicyclic) bond motifs is 5. The van der Waals surface area contributed by atoms with Crippen molar-refractivity contribution in [1.29, 1.82) is 0 Å². The standard InChI is InChI=1S/C38H35F4N5O2/c1-2-26-29(40)7-4-22-12-25(48)13-27(31(22)26)32-30(41)14-28-34(33(32)42)43-36(49-20-37-9-3-11-47(37)17-21(15-37)16-39)44-35(28)46-18-24-8-10-38(19-46,45-24)23-5-6-23/h1,4,7,12-14,16,23-24,45,48H,3,5-6,8-11,15,17-20H2/b21-16+/t24-,37-,38+/m0/s1. The molecule has 1 aromatic heterocycles. The summed E-state index contributed by atoms with van der Waals surface area (Å²) in [4.78, 5) is 13.7. The molecule has 3 aromatic carbocycles. The van der Waals surface area contributed by atoms with Crippen LogP contribution in [0, 0.1) is 35.7 Å². The molecule has 11 heteroatoms. The largest absolute Gasteiger partial charge is 0.508 e. The van der Waals surface area contributed by atoms with Crippen molar-refractivity contribution in [3.05, 3.63) is 65.2 Å². The maximum atomic E-state index is 17.1. The Morgan fingerprint density at radius 1 is 1.10 bits per heavy atom. The van der Waals surface area contributed by atoms with Crippen LogP contribution in [0.5, 0.6) is 11.8 Å². The van der Waals surface area contributed by atoms with Crippen molar-refractivity contribution >= 4 is 27.5 Å². The van der Waals surface area contributed by atoms with E-state index in [1.165, 1.54) is 24.3 Å². The van der Waals surface area contributed by atoms with Gasteiger partial charge in [-0.05, 0) is 92.6 Å². The Balaban J connectivity index is 1.21. The second-order valence-corrected chi connectivity index (χ2v) is 14.6. The average Bonchev–Trinajstić information content (AvgIpc) is 3.70. The zero-order valence-electron chi connectivity index (χ0n) is 26.8. The number of hydrogen-bond acceptors (Lipinski definition) is 7. The van der Waals surface area contributed by atoms with Crippen molar-refractivity contribution in [3.8, 4) is 35.2 Å². The molecule has 5 fully saturated rings. The van der Waals surface area contributed by atoms with E-state index in [-0.39, 0.29) is 57.4 Å². The highest BCUT2D eigenvalue weighted by molar-refractivity contribution is 6.04. The van der Waals surface area contributed by atoms with Crippen LogP contribution in [0.15, 0.2) is 42.2 Å². The van der Waals surface area contributed by atoms with Crippen molar-refractivity contribution in [3.63, 3.8) is 0 Å². The normalized spacial score (nSPS) is 27.4. The predicted molar refractivity (Wildman–Crippen MR) is 179 cm³/mol. The third kappa shape index (κ3) is 4.78. The summed E-state index contributed by atoms with van der Waals surface area (Å²) < 4.78 is 68.3. The van der Waals surface area contributed by atoms with Gasteiger partial charge in [-0.2, -0.15) is 9.97 Å². The zero-order chi connectivity index (χ0) is 33.7. The monoisotopic (exact) mass is 669 g/mol. The summed E-state index contributed by atoms with van der Waals surface area (Å²) in [5.41, 5.74) is -0.701. The molecule has 0 spiro atoms. The Bertz CT molecular complexity index is 2130. The third-order valence-electron chi connectivity index (χ3n) is 11.6. The Kier molecular flexibility index (Phi) is 6.91. The maximum Gasteiger partial charge on any atom is 0.319 e. The first-order valence-electron chi connectivity index (χ1n) is 17.0. The summed E-state index contributed by atoms with van der Waals surface area (Å²) in [6.45, 7) is 2.78. The van der Waals surface area contributed by atoms with Gasteiger partial charge in [0.25, 0.3) is 0 Å². The van der Waals surface area contributed by atoms with Crippen LogP contribution in [-0.2, 0) is 0 Å². The molecular weight excluding hydrogens is 634 g/mol. The number of rotatable bonds is 6. The van der Waals surface area contributed by atoms with Crippen LogP contribution >= 0.6 is 0 Å². The van der Waals surface area contributed by atoms with Crippen molar-refractivity contribution in [1.82, 2.24) is 20.2 Å². The molecule has 3 atom stereocenters. The summed E-state index contributed by atoms with van der Waals surface area (Å²) in [5.74, 6) is 0.339. The number of phenolic OH excluding ortho intramolecular Hbond substituents is 1. The number of ether oxygens (including phenoxy) is 1. The highest BCUT2D eigenvalue weighted by Crippen LogP contribution is 2.49. The molecule has 0 radical (unpaired) electrons. The summed E-state index contributed by atoms with van der Waals surface area (Å²) in [6, 6.07) is 6.50.